The van der Waals surface area contributed by atoms with Gasteiger partial charge >= 0.3 is 5.97 Å². The molecular weight excluding hydrogens is 204 g/mol. The van der Waals surface area contributed by atoms with Crippen molar-refractivity contribution < 1.29 is 14.3 Å². The second kappa shape index (κ2) is 6.46. The van der Waals surface area contributed by atoms with Crippen molar-refractivity contribution in [2.45, 2.75) is 47.0 Å². The third-order valence-electron chi connectivity index (χ3n) is 2.69. The van der Waals surface area contributed by atoms with Crippen LogP contribution in [0.15, 0.2) is 12.2 Å². The first-order valence-corrected chi connectivity index (χ1v) is 5.67. The maximum absolute atomic E-state index is 11.5. The Morgan fingerprint density at radius 3 is 2.31 bits per heavy atom. The molecule has 0 rings (SSSR count). The number of carbonyl (C=O) groups excluding carboxylic acids is 2. The predicted octanol–water partition coefficient (Wildman–Crippen LogP) is 2.89. The predicted molar refractivity (Wildman–Crippen MR) is 64.1 cm³/mol. The smallest absolute Gasteiger partial charge is 0.311 e. The van der Waals surface area contributed by atoms with Gasteiger partial charge in [0.05, 0.1) is 12.0 Å². The van der Waals surface area contributed by atoms with E-state index >= 15 is 0 Å². The van der Waals surface area contributed by atoms with E-state index < -0.39 is 5.41 Å². The van der Waals surface area contributed by atoms with Crippen LogP contribution in [0.25, 0.3) is 0 Å². The monoisotopic (exact) mass is 226 g/mol. The van der Waals surface area contributed by atoms with E-state index in [1.54, 1.807) is 6.92 Å². The van der Waals surface area contributed by atoms with Crippen LogP contribution in [0.1, 0.15) is 47.0 Å². The first-order chi connectivity index (χ1) is 7.31. The van der Waals surface area contributed by atoms with E-state index in [9.17, 15) is 9.59 Å². The van der Waals surface area contributed by atoms with Gasteiger partial charge in [0.1, 0.15) is 0 Å². The third kappa shape index (κ3) is 5.10. The Kier molecular flexibility index (Phi) is 6.01. The van der Waals surface area contributed by atoms with Gasteiger partial charge in [-0.25, -0.2) is 0 Å². The molecule has 0 aromatic rings. The highest BCUT2D eigenvalue weighted by Crippen LogP contribution is 2.21. The molecule has 92 valence electrons. The molecule has 3 heteroatoms. The molecule has 0 fully saturated rings. The standard InChI is InChI=1S/C13H22O3/c1-6-13(4,5)12(15)16-9-7-8-11(14)10(2)3/h2,6-9H2,1,3-5H3. The lowest BCUT2D eigenvalue weighted by Gasteiger charge is -2.20. The molecule has 16 heavy (non-hydrogen) atoms. The number of ketones is 1. The van der Waals surface area contributed by atoms with Crippen molar-refractivity contribution in [3.8, 4) is 0 Å². The van der Waals surface area contributed by atoms with Gasteiger partial charge in [-0.2, -0.15) is 0 Å². The SMILES string of the molecule is C=C(C)C(=O)CCCOC(=O)C(C)(C)CC. The van der Waals surface area contributed by atoms with Crippen molar-refractivity contribution in [1.82, 2.24) is 0 Å². The van der Waals surface area contributed by atoms with Crippen LogP contribution in [0.4, 0.5) is 0 Å². The van der Waals surface area contributed by atoms with E-state index in [1.165, 1.54) is 0 Å². The minimum Gasteiger partial charge on any atom is -0.465 e. The minimum absolute atomic E-state index is 0.0331. The first-order valence-electron chi connectivity index (χ1n) is 5.67. The molecule has 0 bridgehead atoms. The van der Waals surface area contributed by atoms with Gasteiger partial charge in [0.25, 0.3) is 0 Å². The Hall–Kier alpha value is -1.12. The lowest BCUT2D eigenvalue weighted by atomic mass is 9.91. The molecule has 0 aliphatic rings. The highest BCUT2D eigenvalue weighted by molar-refractivity contribution is 5.94. The molecule has 0 amide bonds. The van der Waals surface area contributed by atoms with Crippen LogP contribution < -0.4 is 0 Å². The third-order valence-corrected chi connectivity index (χ3v) is 2.69. The summed E-state index contributed by atoms with van der Waals surface area (Å²) in [6, 6.07) is 0. The molecule has 0 atom stereocenters. The minimum atomic E-state index is -0.432. The average molecular weight is 226 g/mol. The summed E-state index contributed by atoms with van der Waals surface area (Å²) < 4.78 is 5.11. The van der Waals surface area contributed by atoms with Gasteiger partial charge in [-0.05, 0) is 39.2 Å². The number of Topliss-reactive ketones (excluding diaryl/α,β-unsaturated/α-hetero) is 1. The molecule has 0 saturated heterocycles. The summed E-state index contributed by atoms with van der Waals surface area (Å²) in [7, 11) is 0. The number of ether oxygens (including phenoxy) is 1. The van der Waals surface area contributed by atoms with Gasteiger partial charge in [-0.3, -0.25) is 9.59 Å². The zero-order valence-corrected chi connectivity index (χ0v) is 10.8. The molecule has 0 aromatic heterocycles. The van der Waals surface area contributed by atoms with Crippen molar-refractivity contribution >= 4 is 11.8 Å². The number of rotatable bonds is 7. The number of allylic oxidation sites excluding steroid dienone is 1. The van der Waals surface area contributed by atoms with Gasteiger partial charge in [-0.15, -0.1) is 0 Å². The molecule has 3 nitrogen and oxygen atoms in total. The normalized spacial score (nSPS) is 11.0. The quantitative estimate of drug-likeness (QED) is 0.381. The van der Waals surface area contributed by atoms with Crippen molar-refractivity contribution in [2.75, 3.05) is 6.61 Å². The van der Waals surface area contributed by atoms with E-state index in [0.29, 0.717) is 25.0 Å². The highest BCUT2D eigenvalue weighted by atomic mass is 16.5. The molecular formula is C13H22O3. The second-order valence-corrected chi connectivity index (χ2v) is 4.68. The molecule has 0 unspecified atom stereocenters. The molecule has 0 spiro atoms. The second-order valence-electron chi connectivity index (χ2n) is 4.68. The van der Waals surface area contributed by atoms with Gasteiger partial charge in [0.15, 0.2) is 5.78 Å². The fourth-order valence-electron chi connectivity index (χ4n) is 0.951. The Balaban J connectivity index is 3.80. The van der Waals surface area contributed by atoms with Crippen molar-refractivity contribution in [3.63, 3.8) is 0 Å². The molecule has 0 N–H and O–H groups in total. The lowest BCUT2D eigenvalue weighted by molar-refractivity contribution is -0.154. The zero-order valence-electron chi connectivity index (χ0n) is 10.8. The first kappa shape index (κ1) is 14.9. The van der Waals surface area contributed by atoms with Crippen LogP contribution in [0.2, 0.25) is 0 Å². The van der Waals surface area contributed by atoms with Crippen LogP contribution in [0.5, 0.6) is 0 Å². The van der Waals surface area contributed by atoms with Crippen LogP contribution in [-0.4, -0.2) is 18.4 Å². The van der Waals surface area contributed by atoms with Crippen molar-refractivity contribution in [2.24, 2.45) is 5.41 Å². The fraction of sp³-hybridized carbons (Fsp3) is 0.692. The van der Waals surface area contributed by atoms with E-state index in [-0.39, 0.29) is 11.8 Å². The molecule has 0 heterocycles. The average Bonchev–Trinajstić information content (AvgIpc) is 2.23. The maximum Gasteiger partial charge on any atom is 0.311 e. The zero-order chi connectivity index (χ0) is 12.8. The van der Waals surface area contributed by atoms with Gasteiger partial charge < -0.3 is 4.74 Å². The van der Waals surface area contributed by atoms with Crippen LogP contribution in [0, 0.1) is 5.41 Å². The molecule has 0 aliphatic heterocycles. The van der Waals surface area contributed by atoms with E-state index in [4.69, 9.17) is 4.74 Å². The fourth-order valence-corrected chi connectivity index (χ4v) is 0.951. The maximum atomic E-state index is 11.5. The molecule has 0 aromatic carbocycles. The van der Waals surface area contributed by atoms with Crippen LogP contribution >= 0.6 is 0 Å². The topological polar surface area (TPSA) is 43.4 Å². The van der Waals surface area contributed by atoms with Gasteiger partial charge in [0, 0.05) is 6.42 Å². The lowest BCUT2D eigenvalue weighted by Crippen LogP contribution is -2.26. The van der Waals surface area contributed by atoms with Crippen LogP contribution in [-0.2, 0) is 14.3 Å². The Morgan fingerprint density at radius 2 is 1.88 bits per heavy atom. The van der Waals surface area contributed by atoms with Crippen molar-refractivity contribution in [1.29, 1.82) is 0 Å². The molecule has 0 radical (unpaired) electrons. The summed E-state index contributed by atoms with van der Waals surface area (Å²) in [5.74, 6) is -0.163. The highest BCUT2D eigenvalue weighted by Gasteiger charge is 2.26. The summed E-state index contributed by atoms with van der Waals surface area (Å²) in [6.45, 7) is 11.2. The largest absolute Gasteiger partial charge is 0.465 e. The van der Waals surface area contributed by atoms with E-state index in [0.717, 1.165) is 6.42 Å². The van der Waals surface area contributed by atoms with Gasteiger partial charge in [0.2, 0.25) is 0 Å². The summed E-state index contributed by atoms with van der Waals surface area (Å²) in [6.07, 6.45) is 1.71. The Bertz CT molecular complexity index is 277. The number of carbonyl (C=O) groups is 2. The Morgan fingerprint density at radius 1 is 1.31 bits per heavy atom. The van der Waals surface area contributed by atoms with E-state index in [1.807, 2.05) is 20.8 Å². The number of esters is 1. The van der Waals surface area contributed by atoms with Crippen LogP contribution in [0.3, 0.4) is 0 Å². The summed E-state index contributed by atoms with van der Waals surface area (Å²) in [4.78, 5) is 22.8. The summed E-state index contributed by atoms with van der Waals surface area (Å²) in [5.41, 5.74) is 0.124. The summed E-state index contributed by atoms with van der Waals surface area (Å²) in [5, 5.41) is 0. The van der Waals surface area contributed by atoms with Crippen molar-refractivity contribution in [3.05, 3.63) is 12.2 Å². The Labute approximate surface area is 97.9 Å². The number of hydrogen-bond acceptors (Lipinski definition) is 3. The number of hydrogen-bond donors (Lipinski definition) is 0. The summed E-state index contributed by atoms with van der Waals surface area (Å²) >= 11 is 0. The van der Waals surface area contributed by atoms with E-state index in [2.05, 4.69) is 6.58 Å². The van der Waals surface area contributed by atoms with Gasteiger partial charge in [-0.1, -0.05) is 13.5 Å². The molecule has 0 aliphatic carbocycles. The molecule has 0 saturated carbocycles.